The highest BCUT2D eigenvalue weighted by molar-refractivity contribution is 5.94. The summed E-state index contributed by atoms with van der Waals surface area (Å²) < 4.78 is 16.0. The van der Waals surface area contributed by atoms with Crippen molar-refractivity contribution in [3.05, 3.63) is 71.3 Å². The molecule has 0 spiro atoms. The van der Waals surface area contributed by atoms with Gasteiger partial charge in [-0.1, -0.05) is 58.9 Å². The number of ether oxygens (including phenoxy) is 3. The molecule has 0 saturated carbocycles. The lowest BCUT2D eigenvalue weighted by Gasteiger charge is -2.32. The van der Waals surface area contributed by atoms with Crippen LogP contribution in [0.15, 0.2) is 60.2 Å². The Kier molecular flexibility index (Phi) is 9.50. The van der Waals surface area contributed by atoms with Crippen LogP contribution in [0.5, 0.6) is 17.2 Å². The van der Waals surface area contributed by atoms with Crippen molar-refractivity contribution in [2.45, 2.75) is 47.0 Å². The van der Waals surface area contributed by atoms with E-state index in [1.54, 1.807) is 56.7 Å². The number of hydrogen-bond acceptors (Lipinski definition) is 5. The van der Waals surface area contributed by atoms with Crippen molar-refractivity contribution < 1.29 is 19.0 Å². The predicted octanol–water partition coefficient (Wildman–Crippen LogP) is 6.95. The molecular formula is C29H35NO4. The molecule has 0 bridgehead atoms. The number of carbonyl (C=O) groups is 1. The van der Waals surface area contributed by atoms with Crippen LogP contribution < -0.4 is 14.2 Å². The lowest BCUT2D eigenvalue weighted by molar-refractivity contribution is -0.129. The first-order valence-electron chi connectivity index (χ1n) is 11.4. The second-order valence-electron chi connectivity index (χ2n) is 9.67. The fourth-order valence-corrected chi connectivity index (χ4v) is 3.76. The van der Waals surface area contributed by atoms with Crippen LogP contribution in [0.3, 0.4) is 0 Å². The molecule has 180 valence electrons. The first kappa shape index (κ1) is 26.7. The Hall–Kier alpha value is -3.52. The molecule has 0 fully saturated rings. The zero-order valence-electron chi connectivity index (χ0n) is 21.2. The summed E-state index contributed by atoms with van der Waals surface area (Å²) in [5.74, 6) is 2.01. The Labute approximate surface area is 203 Å². The number of esters is 1. The van der Waals surface area contributed by atoms with Gasteiger partial charge in [0.1, 0.15) is 28.9 Å². The molecule has 5 nitrogen and oxygen atoms in total. The molecule has 1 atom stereocenters. The van der Waals surface area contributed by atoms with Crippen LogP contribution in [0, 0.1) is 22.7 Å². The molecule has 0 aliphatic rings. The monoisotopic (exact) mass is 461 g/mol. The molecule has 0 aliphatic carbocycles. The van der Waals surface area contributed by atoms with Crippen LogP contribution in [-0.4, -0.2) is 20.2 Å². The van der Waals surface area contributed by atoms with Crippen LogP contribution in [0.2, 0.25) is 0 Å². The average molecular weight is 462 g/mol. The van der Waals surface area contributed by atoms with E-state index in [0.29, 0.717) is 29.1 Å². The molecule has 0 amide bonds. The summed E-state index contributed by atoms with van der Waals surface area (Å²) in [5.41, 5.74) is 1.99. The van der Waals surface area contributed by atoms with Crippen LogP contribution in [0.4, 0.5) is 0 Å². The molecule has 0 heterocycles. The molecule has 2 aromatic carbocycles. The highest BCUT2D eigenvalue weighted by atomic mass is 16.5. The number of benzene rings is 2. The maximum absolute atomic E-state index is 12.5. The molecule has 0 N–H and O–H groups in total. The van der Waals surface area contributed by atoms with E-state index in [0.717, 1.165) is 12.0 Å². The van der Waals surface area contributed by atoms with E-state index in [9.17, 15) is 10.1 Å². The van der Waals surface area contributed by atoms with Crippen molar-refractivity contribution in [1.82, 2.24) is 0 Å². The van der Waals surface area contributed by atoms with Gasteiger partial charge in [0.05, 0.1) is 14.2 Å². The van der Waals surface area contributed by atoms with Crippen molar-refractivity contribution in [3.8, 4) is 23.3 Å². The second-order valence-corrected chi connectivity index (χ2v) is 9.67. The molecule has 0 saturated heterocycles. The lowest BCUT2D eigenvalue weighted by Crippen LogP contribution is -2.20. The summed E-state index contributed by atoms with van der Waals surface area (Å²) in [6.07, 6.45) is 5.85. The smallest absolute Gasteiger partial charge is 0.354 e. The number of carbonyl (C=O) groups excluding carboxylic acids is 1. The zero-order chi connectivity index (χ0) is 25.3. The molecule has 2 rings (SSSR count). The second kappa shape index (κ2) is 12.1. The van der Waals surface area contributed by atoms with Gasteiger partial charge in [0.15, 0.2) is 0 Å². The zero-order valence-corrected chi connectivity index (χ0v) is 21.2. The maximum Gasteiger partial charge on any atom is 0.354 e. The molecule has 5 heteroatoms. The van der Waals surface area contributed by atoms with Crippen molar-refractivity contribution in [1.29, 1.82) is 5.26 Å². The average Bonchev–Trinajstić information content (AvgIpc) is 2.79. The van der Waals surface area contributed by atoms with Gasteiger partial charge in [0.2, 0.25) is 0 Å². The first-order valence-corrected chi connectivity index (χ1v) is 11.4. The van der Waals surface area contributed by atoms with Gasteiger partial charge >= 0.3 is 5.97 Å². The number of nitrogens with zero attached hydrogens (tertiary/aromatic N) is 1. The number of hydrogen-bond donors (Lipinski definition) is 0. The van der Waals surface area contributed by atoms with Crippen molar-refractivity contribution in [2.75, 3.05) is 14.2 Å². The fourth-order valence-electron chi connectivity index (χ4n) is 3.76. The fraction of sp³-hybridized carbons (Fsp3) is 0.379. The highest BCUT2D eigenvalue weighted by Crippen LogP contribution is 2.40. The van der Waals surface area contributed by atoms with E-state index < -0.39 is 5.97 Å². The number of nitriles is 1. The summed E-state index contributed by atoms with van der Waals surface area (Å²) >= 11 is 0. The number of rotatable bonds is 9. The minimum Gasteiger partial charge on any atom is -0.497 e. The van der Waals surface area contributed by atoms with Crippen LogP contribution >= 0.6 is 0 Å². The van der Waals surface area contributed by atoms with E-state index in [1.165, 1.54) is 11.6 Å². The summed E-state index contributed by atoms with van der Waals surface area (Å²) in [5, 5.41) is 9.45. The van der Waals surface area contributed by atoms with Crippen molar-refractivity contribution >= 4 is 12.0 Å². The van der Waals surface area contributed by atoms with Gasteiger partial charge in [0.25, 0.3) is 0 Å². The summed E-state index contributed by atoms with van der Waals surface area (Å²) in [6, 6.07) is 14.9. The first-order chi connectivity index (χ1) is 16.1. The van der Waals surface area contributed by atoms with Crippen molar-refractivity contribution in [3.63, 3.8) is 0 Å². The van der Waals surface area contributed by atoms with E-state index in [4.69, 9.17) is 14.2 Å². The summed E-state index contributed by atoms with van der Waals surface area (Å²) in [7, 11) is 3.16. The number of methoxy groups -OCH3 is 2. The van der Waals surface area contributed by atoms with Gasteiger partial charge in [-0.15, -0.1) is 0 Å². The van der Waals surface area contributed by atoms with Crippen LogP contribution in [0.1, 0.15) is 58.1 Å². The third-order valence-electron chi connectivity index (χ3n) is 5.56. The SMILES string of the molecule is COc1ccc(OC)c(C=CC=C(C#N)C(=O)Oc2ccc(C(CC(C)C)C(C)(C)C)cc2)c1. The minimum atomic E-state index is -0.702. The van der Waals surface area contributed by atoms with Gasteiger partial charge < -0.3 is 14.2 Å². The highest BCUT2D eigenvalue weighted by Gasteiger charge is 2.27. The third kappa shape index (κ3) is 7.52. The van der Waals surface area contributed by atoms with Crippen LogP contribution in [0.25, 0.3) is 6.08 Å². The lowest BCUT2D eigenvalue weighted by atomic mass is 9.72. The molecular weight excluding hydrogens is 426 g/mol. The van der Waals surface area contributed by atoms with Crippen LogP contribution in [-0.2, 0) is 4.79 Å². The van der Waals surface area contributed by atoms with Crippen molar-refractivity contribution in [2.24, 2.45) is 11.3 Å². The quantitative estimate of drug-likeness (QED) is 0.133. The minimum absolute atomic E-state index is 0.102. The Morgan fingerprint density at radius 2 is 1.68 bits per heavy atom. The molecule has 2 aromatic rings. The summed E-state index contributed by atoms with van der Waals surface area (Å²) in [6.45, 7) is 11.2. The van der Waals surface area contributed by atoms with E-state index in [1.807, 2.05) is 18.2 Å². The normalized spacial score (nSPS) is 13.0. The molecule has 0 radical (unpaired) electrons. The van der Waals surface area contributed by atoms with E-state index in [2.05, 4.69) is 34.6 Å². The molecule has 0 aromatic heterocycles. The molecule has 0 aliphatic heterocycles. The third-order valence-corrected chi connectivity index (χ3v) is 5.56. The molecule has 34 heavy (non-hydrogen) atoms. The number of allylic oxidation sites excluding steroid dienone is 2. The Balaban J connectivity index is 2.15. The predicted molar refractivity (Wildman–Crippen MR) is 136 cm³/mol. The van der Waals surface area contributed by atoms with E-state index in [-0.39, 0.29) is 11.0 Å². The van der Waals surface area contributed by atoms with Gasteiger partial charge in [-0.05, 0) is 65.6 Å². The van der Waals surface area contributed by atoms with Gasteiger partial charge in [-0.2, -0.15) is 5.26 Å². The summed E-state index contributed by atoms with van der Waals surface area (Å²) in [4.78, 5) is 12.5. The largest absolute Gasteiger partial charge is 0.497 e. The molecule has 1 unspecified atom stereocenters. The maximum atomic E-state index is 12.5. The Bertz CT molecular complexity index is 1070. The van der Waals surface area contributed by atoms with Gasteiger partial charge in [-0.25, -0.2) is 4.79 Å². The van der Waals surface area contributed by atoms with Gasteiger partial charge in [0, 0.05) is 5.56 Å². The standard InChI is InChI=1S/C29H35NO4/c1-20(2)17-26(29(3,4)5)21-11-13-24(14-12-21)34-28(31)23(19-30)10-8-9-22-18-25(32-6)15-16-27(22)33-7/h8-16,18,20,26H,17H2,1-7H3. The Morgan fingerprint density at radius 3 is 2.21 bits per heavy atom. The van der Waals surface area contributed by atoms with E-state index >= 15 is 0 Å². The van der Waals surface area contributed by atoms with Gasteiger partial charge in [-0.3, -0.25) is 0 Å². The Morgan fingerprint density at radius 1 is 1.03 bits per heavy atom. The topological polar surface area (TPSA) is 68.5 Å².